The van der Waals surface area contributed by atoms with E-state index in [4.69, 9.17) is 0 Å². The maximum absolute atomic E-state index is 15.2. The van der Waals surface area contributed by atoms with Crippen LogP contribution in [0.5, 0.6) is 0 Å². The summed E-state index contributed by atoms with van der Waals surface area (Å²) < 4.78 is 17.0. The van der Waals surface area contributed by atoms with Crippen molar-refractivity contribution in [2.45, 2.75) is 52.0 Å². The van der Waals surface area contributed by atoms with Gasteiger partial charge in [0.25, 0.3) is 0 Å². The number of aryl methyl sites for hydroxylation is 1. The number of hydrogen-bond acceptors (Lipinski definition) is 4. The summed E-state index contributed by atoms with van der Waals surface area (Å²) in [5.74, 6) is -1.78. The summed E-state index contributed by atoms with van der Waals surface area (Å²) in [5, 5.41) is 19.3. The molecule has 0 amide bonds. The molecule has 6 nitrogen and oxygen atoms in total. The number of carboxylic acid groups (broad SMARTS) is 1. The molecule has 0 spiro atoms. The van der Waals surface area contributed by atoms with E-state index >= 15 is 4.39 Å². The Morgan fingerprint density at radius 2 is 1.97 bits per heavy atom. The molecule has 0 unspecified atom stereocenters. The number of aliphatic hydroxyl groups is 1. The number of carbonyl (C=O) groups is 1. The Balaban J connectivity index is 1.85. The quantitative estimate of drug-likeness (QED) is 0.800. The molecule has 1 aromatic carbocycles. The lowest BCUT2D eigenvalue weighted by Gasteiger charge is -2.42. The Labute approximate surface area is 168 Å². The van der Waals surface area contributed by atoms with Gasteiger partial charge < -0.3 is 19.7 Å². The number of rotatable bonds is 5. The summed E-state index contributed by atoms with van der Waals surface area (Å²) in [7, 11) is 0. The van der Waals surface area contributed by atoms with Crippen LogP contribution in [0.1, 0.15) is 61.0 Å². The van der Waals surface area contributed by atoms with Crippen molar-refractivity contribution in [2.24, 2.45) is 5.41 Å². The third kappa shape index (κ3) is 3.21. The predicted molar refractivity (Wildman–Crippen MR) is 109 cm³/mol. The molecule has 4 rings (SSSR count). The van der Waals surface area contributed by atoms with Crippen LogP contribution < -0.4 is 10.3 Å². The highest BCUT2D eigenvalue weighted by atomic mass is 19.1. The number of aromatic carboxylic acids is 1. The van der Waals surface area contributed by atoms with Crippen LogP contribution in [0.25, 0.3) is 10.9 Å². The molecule has 1 aliphatic heterocycles. The number of halogens is 1. The highest BCUT2D eigenvalue weighted by Crippen LogP contribution is 2.42. The Morgan fingerprint density at radius 1 is 1.31 bits per heavy atom. The first-order valence-electron chi connectivity index (χ1n) is 10.3. The van der Waals surface area contributed by atoms with Crippen LogP contribution in [0, 0.1) is 18.2 Å². The summed E-state index contributed by atoms with van der Waals surface area (Å²) in [4.78, 5) is 26.2. The second kappa shape index (κ2) is 7.13. The number of aromatic nitrogens is 1. The molecule has 0 bridgehead atoms. The number of carboxylic acids is 1. The van der Waals surface area contributed by atoms with E-state index in [1.165, 1.54) is 12.3 Å². The van der Waals surface area contributed by atoms with Crippen LogP contribution in [0.3, 0.4) is 0 Å². The van der Waals surface area contributed by atoms with Gasteiger partial charge in [-0.15, -0.1) is 0 Å². The fraction of sp³-hybridized carbons (Fsp3) is 0.545. The number of aliphatic hydroxyl groups excluding tert-OH is 1. The monoisotopic (exact) mass is 402 g/mol. The van der Waals surface area contributed by atoms with Crippen molar-refractivity contribution in [3.63, 3.8) is 0 Å². The maximum atomic E-state index is 15.2. The standard InChI is InChI=1S/C22H27FN2O4/c1-3-22(12-26)6-8-24(9-7-22)19-13(2)18-15(10-17(19)23)20(27)16(21(28)29)11-25(18)14-4-5-14/h10-11,14,26H,3-9,12H2,1-2H3,(H,28,29). The van der Waals surface area contributed by atoms with Crippen LogP contribution in [0.2, 0.25) is 0 Å². The molecular formula is C22H27FN2O4. The van der Waals surface area contributed by atoms with Gasteiger partial charge in [-0.1, -0.05) is 6.92 Å². The SMILES string of the molecule is CCC1(CO)CCN(c2c(F)cc3c(=O)c(C(=O)O)cn(C4CC4)c3c2C)CC1. The molecule has 29 heavy (non-hydrogen) atoms. The van der Waals surface area contributed by atoms with Gasteiger partial charge in [0.1, 0.15) is 11.4 Å². The Kier molecular flexibility index (Phi) is 4.89. The molecule has 156 valence electrons. The minimum absolute atomic E-state index is 0.107. The average Bonchev–Trinajstić information content (AvgIpc) is 3.54. The molecule has 1 saturated carbocycles. The van der Waals surface area contributed by atoms with Gasteiger partial charge in [0.05, 0.1) is 11.2 Å². The molecule has 2 fully saturated rings. The molecular weight excluding hydrogens is 375 g/mol. The van der Waals surface area contributed by atoms with Gasteiger partial charge in [0.2, 0.25) is 5.43 Å². The van der Waals surface area contributed by atoms with E-state index < -0.39 is 17.2 Å². The van der Waals surface area contributed by atoms with Crippen molar-refractivity contribution in [2.75, 3.05) is 24.6 Å². The lowest BCUT2D eigenvalue weighted by atomic mass is 9.77. The second-order valence-electron chi connectivity index (χ2n) is 8.54. The average molecular weight is 402 g/mol. The van der Waals surface area contributed by atoms with Crippen molar-refractivity contribution in [1.82, 2.24) is 4.57 Å². The molecule has 1 aliphatic carbocycles. The van der Waals surface area contributed by atoms with Crippen LogP contribution in [-0.2, 0) is 0 Å². The zero-order valence-corrected chi connectivity index (χ0v) is 16.9. The topological polar surface area (TPSA) is 82.8 Å². The molecule has 0 radical (unpaired) electrons. The van der Waals surface area contributed by atoms with Gasteiger partial charge in [-0.25, -0.2) is 9.18 Å². The minimum Gasteiger partial charge on any atom is -0.477 e. The van der Waals surface area contributed by atoms with Gasteiger partial charge in [0.15, 0.2) is 0 Å². The number of hydrogen-bond donors (Lipinski definition) is 2. The first-order chi connectivity index (χ1) is 13.8. The third-order valence-electron chi connectivity index (χ3n) is 6.87. The lowest BCUT2D eigenvalue weighted by Crippen LogP contribution is -2.42. The first kappa shape index (κ1) is 19.9. The van der Waals surface area contributed by atoms with E-state index in [2.05, 4.69) is 6.92 Å². The summed E-state index contributed by atoms with van der Waals surface area (Å²) in [6.45, 7) is 5.29. The molecule has 1 aromatic heterocycles. The van der Waals surface area contributed by atoms with Crippen molar-refractivity contribution in [1.29, 1.82) is 0 Å². The fourth-order valence-electron chi connectivity index (χ4n) is 4.68. The van der Waals surface area contributed by atoms with Crippen LogP contribution >= 0.6 is 0 Å². The van der Waals surface area contributed by atoms with Crippen LogP contribution in [-0.4, -0.2) is 40.4 Å². The summed E-state index contributed by atoms with van der Waals surface area (Å²) in [5.41, 5.74) is 0.732. The van der Waals surface area contributed by atoms with Crippen molar-refractivity contribution >= 4 is 22.6 Å². The summed E-state index contributed by atoms with van der Waals surface area (Å²) >= 11 is 0. The van der Waals surface area contributed by atoms with Gasteiger partial charge in [0, 0.05) is 37.3 Å². The molecule has 0 atom stereocenters. The lowest BCUT2D eigenvalue weighted by molar-refractivity contribution is 0.0695. The maximum Gasteiger partial charge on any atom is 0.341 e. The smallest absolute Gasteiger partial charge is 0.341 e. The van der Waals surface area contributed by atoms with Gasteiger partial charge in [-0.05, 0) is 56.1 Å². The summed E-state index contributed by atoms with van der Waals surface area (Å²) in [6, 6.07) is 1.36. The van der Waals surface area contributed by atoms with E-state index in [0.29, 0.717) is 29.9 Å². The second-order valence-corrected chi connectivity index (χ2v) is 8.54. The predicted octanol–water partition coefficient (Wildman–Crippen LogP) is 3.47. The first-order valence-corrected chi connectivity index (χ1v) is 10.3. The number of benzene rings is 1. The Hall–Kier alpha value is -2.41. The van der Waals surface area contributed by atoms with Crippen molar-refractivity contribution in [3.05, 3.63) is 39.4 Å². The molecule has 2 aliphatic rings. The normalized spacial score (nSPS) is 19.0. The number of pyridine rings is 1. The zero-order chi connectivity index (χ0) is 20.9. The van der Waals surface area contributed by atoms with Crippen LogP contribution in [0.15, 0.2) is 17.1 Å². The number of piperidine rings is 1. The molecule has 7 heteroatoms. The van der Waals surface area contributed by atoms with Gasteiger partial charge in [-0.3, -0.25) is 4.79 Å². The molecule has 2 heterocycles. The third-order valence-corrected chi connectivity index (χ3v) is 6.87. The zero-order valence-electron chi connectivity index (χ0n) is 16.9. The van der Waals surface area contributed by atoms with Crippen molar-refractivity contribution < 1.29 is 19.4 Å². The van der Waals surface area contributed by atoms with Crippen LogP contribution in [0.4, 0.5) is 10.1 Å². The van der Waals surface area contributed by atoms with E-state index in [-0.39, 0.29) is 29.0 Å². The molecule has 1 saturated heterocycles. The number of fused-ring (bicyclic) bond motifs is 1. The number of nitrogens with zero attached hydrogens (tertiary/aromatic N) is 2. The molecule has 2 N–H and O–H groups in total. The van der Waals surface area contributed by atoms with E-state index in [9.17, 15) is 19.8 Å². The van der Waals surface area contributed by atoms with Crippen molar-refractivity contribution in [3.8, 4) is 0 Å². The van der Waals surface area contributed by atoms with Gasteiger partial charge in [-0.2, -0.15) is 0 Å². The Morgan fingerprint density at radius 3 is 2.48 bits per heavy atom. The van der Waals surface area contributed by atoms with Gasteiger partial charge >= 0.3 is 5.97 Å². The highest BCUT2D eigenvalue weighted by Gasteiger charge is 2.35. The highest BCUT2D eigenvalue weighted by molar-refractivity contribution is 5.95. The van der Waals surface area contributed by atoms with E-state index in [1.807, 2.05) is 16.4 Å². The Bertz CT molecular complexity index is 1030. The fourth-order valence-corrected chi connectivity index (χ4v) is 4.68. The minimum atomic E-state index is -1.29. The molecule has 2 aromatic rings. The number of anilines is 1. The largest absolute Gasteiger partial charge is 0.477 e. The van der Waals surface area contributed by atoms with E-state index in [0.717, 1.165) is 32.1 Å². The summed E-state index contributed by atoms with van der Waals surface area (Å²) in [6.07, 6.45) is 5.71. The van der Waals surface area contributed by atoms with E-state index in [1.54, 1.807) is 0 Å².